The van der Waals surface area contributed by atoms with Gasteiger partial charge >= 0.3 is 11.4 Å². The molecule has 0 bridgehead atoms. The van der Waals surface area contributed by atoms with Gasteiger partial charge in [-0.15, -0.1) is 0 Å². The topological polar surface area (TPSA) is 95.1 Å². The van der Waals surface area contributed by atoms with E-state index in [-0.39, 0.29) is 23.9 Å². The van der Waals surface area contributed by atoms with Crippen LogP contribution in [0, 0.1) is 16.0 Å². The van der Waals surface area contributed by atoms with Gasteiger partial charge in [0.25, 0.3) is 0 Å². The molecule has 0 aromatic carbocycles. The van der Waals surface area contributed by atoms with Crippen molar-refractivity contribution < 1.29 is 9.72 Å². The van der Waals surface area contributed by atoms with Gasteiger partial charge < -0.3 is 0 Å². The number of carbonyl (C=O) groups excluding carboxylic acids is 1. The number of nitrogens with zero attached hydrogens (tertiary/aromatic N) is 3. The average molecular weight is 225 g/mol. The lowest BCUT2D eigenvalue weighted by molar-refractivity contribution is -0.385. The molecule has 1 heterocycles. The Labute approximate surface area is 90.9 Å². The molecule has 0 aliphatic rings. The highest BCUT2D eigenvalue weighted by Crippen LogP contribution is 2.05. The Kier molecular flexibility index (Phi) is 3.49. The van der Waals surface area contributed by atoms with E-state index in [1.165, 1.54) is 0 Å². The van der Waals surface area contributed by atoms with Crippen molar-refractivity contribution >= 4 is 11.5 Å². The van der Waals surface area contributed by atoms with Crippen LogP contribution in [-0.4, -0.2) is 20.3 Å². The highest BCUT2D eigenvalue weighted by Gasteiger charge is 2.13. The second-order valence-corrected chi connectivity index (χ2v) is 3.60. The Balaban J connectivity index is 3.04. The van der Waals surface area contributed by atoms with Crippen LogP contribution in [0.25, 0.3) is 0 Å². The van der Waals surface area contributed by atoms with Gasteiger partial charge in [-0.2, -0.15) is 4.98 Å². The van der Waals surface area contributed by atoms with Gasteiger partial charge in [-0.1, -0.05) is 13.8 Å². The van der Waals surface area contributed by atoms with Crippen molar-refractivity contribution in [3.05, 3.63) is 33.0 Å². The Bertz CT molecular complexity index is 478. The molecule has 0 fully saturated rings. The van der Waals surface area contributed by atoms with Crippen LogP contribution in [0.5, 0.6) is 0 Å². The molecule has 86 valence electrons. The molecule has 0 amide bonds. The van der Waals surface area contributed by atoms with Crippen LogP contribution < -0.4 is 5.69 Å². The molecule has 0 aliphatic carbocycles. The van der Waals surface area contributed by atoms with E-state index in [0.29, 0.717) is 0 Å². The second-order valence-electron chi connectivity index (χ2n) is 3.60. The monoisotopic (exact) mass is 225 g/mol. The van der Waals surface area contributed by atoms with E-state index in [1.54, 1.807) is 13.8 Å². The molecular weight excluding hydrogens is 214 g/mol. The zero-order chi connectivity index (χ0) is 12.3. The third kappa shape index (κ3) is 2.72. The van der Waals surface area contributed by atoms with Gasteiger partial charge in [0, 0.05) is 5.92 Å². The zero-order valence-corrected chi connectivity index (χ0v) is 8.91. The summed E-state index contributed by atoms with van der Waals surface area (Å²) in [4.78, 5) is 35.7. The van der Waals surface area contributed by atoms with E-state index in [1.807, 2.05) is 0 Å². The van der Waals surface area contributed by atoms with Crippen LogP contribution in [0.2, 0.25) is 0 Å². The molecule has 7 nitrogen and oxygen atoms in total. The Hall–Kier alpha value is -2.05. The molecule has 0 aliphatic heterocycles. The summed E-state index contributed by atoms with van der Waals surface area (Å²) in [6.45, 7) is 3.20. The van der Waals surface area contributed by atoms with E-state index < -0.39 is 10.6 Å². The number of hydrogen-bond donors (Lipinski definition) is 0. The molecule has 0 N–H and O–H groups in total. The van der Waals surface area contributed by atoms with Crippen molar-refractivity contribution in [1.82, 2.24) is 9.55 Å². The minimum atomic E-state index is -0.667. The number of hydrogen-bond acceptors (Lipinski definition) is 5. The molecule has 7 heteroatoms. The number of carbonyl (C=O) groups is 1. The summed E-state index contributed by atoms with van der Waals surface area (Å²) >= 11 is 0. The first-order chi connectivity index (χ1) is 7.41. The standard InChI is InChI=1S/C9H11N3O4/c1-6(2)8(13)5-11-4-7(12(15)16)3-10-9(11)14/h3-4,6H,5H2,1-2H3. The molecule has 1 aromatic heterocycles. The number of Topliss-reactive ketones (excluding diaryl/α,β-unsaturated/α-hetero) is 1. The van der Waals surface area contributed by atoms with Crippen molar-refractivity contribution in [2.45, 2.75) is 20.4 Å². The lowest BCUT2D eigenvalue weighted by Gasteiger charge is -2.05. The summed E-state index contributed by atoms with van der Waals surface area (Å²) in [5.74, 6) is -0.407. The molecule has 0 saturated heterocycles. The highest BCUT2D eigenvalue weighted by atomic mass is 16.6. The Morgan fingerprint density at radius 2 is 2.25 bits per heavy atom. The largest absolute Gasteiger partial charge is 0.348 e. The lowest BCUT2D eigenvalue weighted by atomic mass is 10.1. The maximum absolute atomic E-state index is 11.4. The molecule has 1 rings (SSSR count). The Morgan fingerprint density at radius 1 is 1.62 bits per heavy atom. The summed E-state index contributed by atoms with van der Waals surface area (Å²) in [7, 11) is 0. The molecule has 1 aromatic rings. The van der Waals surface area contributed by atoms with Gasteiger partial charge in [-0.25, -0.2) is 4.79 Å². The average Bonchev–Trinajstić information content (AvgIpc) is 2.20. The van der Waals surface area contributed by atoms with E-state index >= 15 is 0 Å². The second kappa shape index (κ2) is 4.65. The molecule has 0 atom stereocenters. The Morgan fingerprint density at radius 3 is 2.75 bits per heavy atom. The molecule has 16 heavy (non-hydrogen) atoms. The van der Waals surface area contributed by atoms with Crippen molar-refractivity contribution in [1.29, 1.82) is 0 Å². The van der Waals surface area contributed by atoms with Gasteiger partial charge in [-0.3, -0.25) is 19.5 Å². The van der Waals surface area contributed by atoms with E-state index in [0.717, 1.165) is 17.0 Å². The first kappa shape index (κ1) is 12.0. The van der Waals surface area contributed by atoms with Crippen LogP contribution in [0.1, 0.15) is 13.8 Å². The maximum Gasteiger partial charge on any atom is 0.348 e. The predicted octanol–water partition coefficient (Wildman–Crippen LogP) is 0.377. The molecule has 0 spiro atoms. The van der Waals surface area contributed by atoms with Gasteiger partial charge in [0.1, 0.15) is 6.20 Å². The maximum atomic E-state index is 11.4. The lowest BCUT2D eigenvalue weighted by Crippen LogP contribution is -2.27. The molecule has 0 saturated carbocycles. The van der Waals surface area contributed by atoms with Crippen LogP contribution in [0.15, 0.2) is 17.2 Å². The smallest absolute Gasteiger partial charge is 0.297 e. The van der Waals surface area contributed by atoms with E-state index in [2.05, 4.69) is 4.98 Å². The summed E-state index contributed by atoms with van der Waals surface area (Å²) in [5, 5.41) is 10.4. The van der Waals surface area contributed by atoms with Gasteiger partial charge in [-0.05, 0) is 0 Å². The van der Waals surface area contributed by atoms with Crippen molar-refractivity contribution in [3.63, 3.8) is 0 Å². The van der Waals surface area contributed by atoms with Crippen LogP contribution in [0.3, 0.4) is 0 Å². The first-order valence-electron chi connectivity index (χ1n) is 4.65. The third-order valence-corrected chi connectivity index (χ3v) is 2.02. The summed E-state index contributed by atoms with van der Waals surface area (Å²) in [5.41, 5.74) is -0.976. The van der Waals surface area contributed by atoms with Crippen LogP contribution in [0.4, 0.5) is 5.69 Å². The van der Waals surface area contributed by atoms with Gasteiger partial charge in [0.15, 0.2) is 5.78 Å². The summed E-state index contributed by atoms with van der Waals surface area (Å²) in [6, 6.07) is 0. The minimum absolute atomic E-state index is 0.176. The number of nitro groups is 1. The highest BCUT2D eigenvalue weighted by molar-refractivity contribution is 5.80. The fraction of sp³-hybridized carbons (Fsp3) is 0.444. The number of aromatic nitrogens is 2. The molecule has 0 radical (unpaired) electrons. The molecule has 0 unspecified atom stereocenters. The fourth-order valence-electron chi connectivity index (χ4n) is 1.00. The summed E-state index contributed by atoms with van der Waals surface area (Å²) < 4.78 is 0.945. The quantitative estimate of drug-likeness (QED) is 0.545. The molecular formula is C9H11N3O4. The van der Waals surface area contributed by atoms with E-state index in [9.17, 15) is 19.7 Å². The van der Waals surface area contributed by atoms with Crippen LogP contribution >= 0.6 is 0 Å². The fourth-order valence-corrected chi connectivity index (χ4v) is 1.00. The zero-order valence-electron chi connectivity index (χ0n) is 8.91. The first-order valence-corrected chi connectivity index (χ1v) is 4.65. The van der Waals surface area contributed by atoms with Gasteiger partial charge in [0.2, 0.25) is 0 Å². The predicted molar refractivity (Wildman–Crippen MR) is 55.0 cm³/mol. The van der Waals surface area contributed by atoms with Crippen molar-refractivity contribution in [3.8, 4) is 0 Å². The van der Waals surface area contributed by atoms with E-state index in [4.69, 9.17) is 0 Å². The van der Waals surface area contributed by atoms with Crippen molar-refractivity contribution in [2.24, 2.45) is 5.92 Å². The summed E-state index contributed by atoms with van der Waals surface area (Å²) in [6.07, 6.45) is 1.90. The SMILES string of the molecule is CC(C)C(=O)Cn1cc([N+](=O)[O-])cnc1=O. The van der Waals surface area contributed by atoms with Crippen molar-refractivity contribution in [2.75, 3.05) is 0 Å². The minimum Gasteiger partial charge on any atom is -0.297 e. The number of rotatable bonds is 4. The third-order valence-electron chi connectivity index (χ3n) is 2.02. The number of ketones is 1. The van der Waals surface area contributed by atoms with Gasteiger partial charge in [0.05, 0.1) is 17.7 Å². The van der Waals surface area contributed by atoms with Crippen LogP contribution in [-0.2, 0) is 11.3 Å². The normalized spacial score (nSPS) is 10.4.